The molecule has 0 saturated carbocycles. The first-order valence-corrected chi connectivity index (χ1v) is 5.42. The van der Waals surface area contributed by atoms with Gasteiger partial charge in [-0.2, -0.15) is 0 Å². The molecule has 0 aliphatic heterocycles. The fourth-order valence-corrected chi connectivity index (χ4v) is 2.02. The van der Waals surface area contributed by atoms with Gasteiger partial charge >= 0.3 is 5.97 Å². The first-order chi connectivity index (χ1) is 8.13. The summed E-state index contributed by atoms with van der Waals surface area (Å²) < 4.78 is 6.98. The lowest BCUT2D eigenvalue weighted by atomic mass is 10.0. The summed E-state index contributed by atoms with van der Waals surface area (Å²) in [6.45, 7) is 0. The molecule has 1 heterocycles. The van der Waals surface area contributed by atoms with Crippen molar-refractivity contribution < 1.29 is 14.6 Å². The Kier molecular flexibility index (Phi) is 3.15. The number of ether oxygens (including phenoxy) is 1. The van der Waals surface area contributed by atoms with E-state index >= 15 is 0 Å². The molecule has 4 nitrogen and oxygen atoms in total. The van der Waals surface area contributed by atoms with E-state index in [1.54, 1.807) is 0 Å². The molecular weight excluding hydrogens is 218 g/mol. The molecule has 4 heteroatoms. The second kappa shape index (κ2) is 4.59. The van der Waals surface area contributed by atoms with E-state index < -0.39 is 12.1 Å². The monoisotopic (exact) mass is 233 g/mol. The number of nitrogens with zero attached hydrogens (tertiary/aromatic N) is 1. The number of aryl methyl sites for hydroxylation is 1. The van der Waals surface area contributed by atoms with Crippen LogP contribution in [-0.4, -0.2) is 28.9 Å². The van der Waals surface area contributed by atoms with E-state index in [-0.39, 0.29) is 0 Å². The van der Waals surface area contributed by atoms with Crippen molar-refractivity contribution >= 4 is 16.9 Å². The first-order valence-electron chi connectivity index (χ1n) is 5.42. The van der Waals surface area contributed by atoms with Gasteiger partial charge in [-0.25, -0.2) is 4.79 Å². The molecule has 0 saturated heterocycles. The summed E-state index contributed by atoms with van der Waals surface area (Å²) >= 11 is 0. The third-order valence-corrected chi connectivity index (χ3v) is 2.98. The Bertz CT molecular complexity index is 545. The summed E-state index contributed by atoms with van der Waals surface area (Å²) in [4.78, 5) is 10.9. The van der Waals surface area contributed by atoms with E-state index in [9.17, 15) is 4.79 Å². The molecule has 0 fully saturated rings. The summed E-state index contributed by atoms with van der Waals surface area (Å²) in [5, 5.41) is 10.1. The van der Waals surface area contributed by atoms with Crippen LogP contribution in [0.1, 0.15) is 5.56 Å². The van der Waals surface area contributed by atoms with Crippen LogP contribution in [0.2, 0.25) is 0 Å². The molecule has 1 aromatic carbocycles. The van der Waals surface area contributed by atoms with Gasteiger partial charge in [-0.1, -0.05) is 12.1 Å². The number of carboxylic acids is 1. The summed E-state index contributed by atoms with van der Waals surface area (Å²) in [5.74, 6) is -0.930. The quantitative estimate of drug-likeness (QED) is 0.876. The number of methoxy groups -OCH3 is 1. The minimum Gasteiger partial charge on any atom is -0.479 e. The Balaban J connectivity index is 2.38. The van der Waals surface area contributed by atoms with Crippen LogP contribution in [0.5, 0.6) is 0 Å². The van der Waals surface area contributed by atoms with Crippen molar-refractivity contribution in [3.63, 3.8) is 0 Å². The standard InChI is InChI=1S/C13H15NO3/c1-14-7-6-10-9(4-3-5-11(10)14)8-12(17-2)13(15)16/h3-7,12H,8H2,1-2H3,(H,15,16). The van der Waals surface area contributed by atoms with Crippen LogP contribution >= 0.6 is 0 Å². The van der Waals surface area contributed by atoms with Gasteiger partial charge in [-0.15, -0.1) is 0 Å². The molecule has 0 radical (unpaired) electrons. The Morgan fingerprint density at radius 1 is 1.47 bits per heavy atom. The fourth-order valence-electron chi connectivity index (χ4n) is 2.02. The average molecular weight is 233 g/mol. The van der Waals surface area contributed by atoms with Crippen LogP contribution < -0.4 is 0 Å². The highest BCUT2D eigenvalue weighted by atomic mass is 16.5. The zero-order valence-electron chi connectivity index (χ0n) is 9.88. The van der Waals surface area contributed by atoms with Crippen molar-refractivity contribution in [3.05, 3.63) is 36.0 Å². The molecule has 0 aliphatic rings. The lowest BCUT2D eigenvalue weighted by Crippen LogP contribution is -2.24. The molecule has 1 unspecified atom stereocenters. The summed E-state index contributed by atoms with van der Waals surface area (Å²) in [6.07, 6.45) is 1.56. The van der Waals surface area contributed by atoms with Crippen molar-refractivity contribution in [2.75, 3.05) is 7.11 Å². The maximum atomic E-state index is 10.9. The summed E-state index contributed by atoms with van der Waals surface area (Å²) in [7, 11) is 3.39. The molecule has 1 aromatic heterocycles. The molecule has 2 aromatic rings. The van der Waals surface area contributed by atoms with Gasteiger partial charge in [0.2, 0.25) is 0 Å². The van der Waals surface area contributed by atoms with E-state index in [1.807, 2.05) is 42.1 Å². The number of carboxylic acid groups (broad SMARTS) is 1. The Morgan fingerprint density at radius 2 is 2.24 bits per heavy atom. The van der Waals surface area contributed by atoms with Crippen molar-refractivity contribution in [1.29, 1.82) is 0 Å². The van der Waals surface area contributed by atoms with Crippen LogP contribution in [0.3, 0.4) is 0 Å². The van der Waals surface area contributed by atoms with Crippen LogP contribution in [0.15, 0.2) is 30.5 Å². The van der Waals surface area contributed by atoms with Crippen molar-refractivity contribution in [2.45, 2.75) is 12.5 Å². The predicted molar refractivity (Wildman–Crippen MR) is 65.1 cm³/mol. The van der Waals surface area contributed by atoms with Gasteiger partial charge < -0.3 is 14.4 Å². The van der Waals surface area contributed by atoms with Gasteiger partial charge in [-0.05, 0) is 17.7 Å². The van der Waals surface area contributed by atoms with E-state index in [2.05, 4.69) is 0 Å². The molecule has 17 heavy (non-hydrogen) atoms. The topological polar surface area (TPSA) is 51.5 Å². The number of hydrogen-bond acceptors (Lipinski definition) is 2. The van der Waals surface area contributed by atoms with Crippen LogP contribution in [0, 0.1) is 0 Å². The number of aliphatic carboxylic acids is 1. The van der Waals surface area contributed by atoms with Gasteiger partial charge in [0.15, 0.2) is 6.10 Å². The number of carbonyl (C=O) groups is 1. The van der Waals surface area contributed by atoms with Gasteiger partial charge in [-0.3, -0.25) is 0 Å². The molecule has 1 atom stereocenters. The SMILES string of the molecule is COC(Cc1cccc2c1ccn2C)C(=O)O. The summed E-state index contributed by atoms with van der Waals surface area (Å²) in [5.41, 5.74) is 2.10. The van der Waals surface area contributed by atoms with Crippen LogP contribution in [-0.2, 0) is 23.0 Å². The van der Waals surface area contributed by atoms with Gasteiger partial charge in [0.1, 0.15) is 0 Å². The lowest BCUT2D eigenvalue weighted by Gasteiger charge is -2.11. The molecule has 0 spiro atoms. The van der Waals surface area contributed by atoms with E-state index in [1.165, 1.54) is 7.11 Å². The van der Waals surface area contributed by atoms with E-state index in [4.69, 9.17) is 9.84 Å². The van der Waals surface area contributed by atoms with Gasteiger partial charge in [0, 0.05) is 37.7 Å². The lowest BCUT2D eigenvalue weighted by molar-refractivity contribution is -0.148. The third kappa shape index (κ3) is 2.17. The normalized spacial score (nSPS) is 12.8. The molecule has 90 valence electrons. The number of benzene rings is 1. The number of rotatable bonds is 4. The minimum absolute atomic E-state index is 0.382. The predicted octanol–water partition coefficient (Wildman–Crippen LogP) is 1.82. The smallest absolute Gasteiger partial charge is 0.333 e. The van der Waals surface area contributed by atoms with Crippen LogP contribution in [0.25, 0.3) is 10.9 Å². The van der Waals surface area contributed by atoms with Crippen molar-refractivity contribution in [3.8, 4) is 0 Å². The molecule has 0 amide bonds. The molecule has 1 N–H and O–H groups in total. The summed E-state index contributed by atoms with van der Waals surface area (Å²) in [6, 6.07) is 7.89. The fraction of sp³-hybridized carbons (Fsp3) is 0.308. The largest absolute Gasteiger partial charge is 0.479 e. The zero-order valence-corrected chi connectivity index (χ0v) is 9.88. The Hall–Kier alpha value is -1.81. The Morgan fingerprint density at radius 3 is 2.88 bits per heavy atom. The van der Waals surface area contributed by atoms with Crippen molar-refractivity contribution in [2.24, 2.45) is 7.05 Å². The minimum atomic E-state index is -0.930. The molecule has 2 rings (SSSR count). The maximum absolute atomic E-state index is 10.9. The number of fused-ring (bicyclic) bond motifs is 1. The highest BCUT2D eigenvalue weighted by molar-refractivity contribution is 5.84. The Labute approximate surface area is 99.4 Å². The number of aromatic nitrogens is 1. The number of hydrogen-bond donors (Lipinski definition) is 1. The molecule has 0 aliphatic carbocycles. The second-order valence-corrected chi connectivity index (χ2v) is 4.04. The highest BCUT2D eigenvalue weighted by Gasteiger charge is 2.18. The average Bonchev–Trinajstić information content (AvgIpc) is 2.69. The zero-order chi connectivity index (χ0) is 12.4. The van der Waals surface area contributed by atoms with Gasteiger partial charge in [0.05, 0.1) is 0 Å². The molecule has 0 bridgehead atoms. The van der Waals surface area contributed by atoms with E-state index in [0.717, 1.165) is 16.5 Å². The van der Waals surface area contributed by atoms with Crippen LogP contribution in [0.4, 0.5) is 0 Å². The highest BCUT2D eigenvalue weighted by Crippen LogP contribution is 2.21. The van der Waals surface area contributed by atoms with Crippen molar-refractivity contribution in [1.82, 2.24) is 4.57 Å². The second-order valence-electron chi connectivity index (χ2n) is 4.04. The first kappa shape index (κ1) is 11.7. The third-order valence-electron chi connectivity index (χ3n) is 2.98. The maximum Gasteiger partial charge on any atom is 0.333 e. The molecular formula is C13H15NO3. The van der Waals surface area contributed by atoms with Gasteiger partial charge in [0.25, 0.3) is 0 Å². The van der Waals surface area contributed by atoms with E-state index in [0.29, 0.717) is 6.42 Å².